The van der Waals surface area contributed by atoms with E-state index < -0.39 is 20.6 Å². The summed E-state index contributed by atoms with van der Waals surface area (Å²) in [4.78, 5) is 15.3. The number of carbonyl (C=O) groups is 1. The first-order valence-corrected chi connectivity index (χ1v) is 12.3. The molecule has 2 aromatic carbocycles. The smallest absolute Gasteiger partial charge is 0.327 e. The fourth-order valence-corrected chi connectivity index (χ4v) is 6.17. The van der Waals surface area contributed by atoms with Gasteiger partial charge in [0.25, 0.3) is 0 Å². The van der Waals surface area contributed by atoms with Crippen molar-refractivity contribution in [3.8, 4) is 11.3 Å². The summed E-state index contributed by atoms with van der Waals surface area (Å²) in [6.45, 7) is 3.55. The average molecular weight is 454 g/mol. The Bertz CT molecular complexity index is 1130. The lowest BCUT2D eigenvalue weighted by Crippen LogP contribution is -2.54. The van der Waals surface area contributed by atoms with Crippen molar-refractivity contribution in [3.63, 3.8) is 0 Å². The Balaban J connectivity index is 1.59. The number of piperidine rings is 1. The van der Waals surface area contributed by atoms with Gasteiger partial charge in [-0.1, -0.05) is 30.3 Å². The molecule has 1 aliphatic heterocycles. The van der Waals surface area contributed by atoms with Crippen molar-refractivity contribution in [1.82, 2.24) is 4.90 Å². The number of likely N-dealkylation sites (tertiary alicyclic amines) is 1. The van der Waals surface area contributed by atoms with Gasteiger partial charge in [-0.25, -0.2) is 8.42 Å². The van der Waals surface area contributed by atoms with Crippen LogP contribution in [0.5, 0.6) is 0 Å². The third-order valence-electron chi connectivity index (χ3n) is 6.04. The third kappa shape index (κ3) is 4.23. The molecule has 6 nitrogen and oxygen atoms in total. The number of hydrogen-bond acceptors (Lipinski definition) is 6. The molecule has 32 heavy (non-hydrogen) atoms. The fourth-order valence-electron chi connectivity index (χ4n) is 4.23. The molecule has 3 aromatic rings. The van der Waals surface area contributed by atoms with Gasteiger partial charge in [-0.3, -0.25) is 9.69 Å². The molecular weight excluding hydrogens is 426 g/mol. The standard InChI is InChI=1S/C25H27NO5S/c1-2-30-24(27)25(14-16-26(17-15-25)19-20-7-4-3-5-8-20)32(28,29)22-12-10-21(11-13-22)23-9-6-18-31-23/h3-13,18H,2,14-17,19H2,1H3. The van der Waals surface area contributed by atoms with Gasteiger partial charge in [-0.05, 0) is 61.7 Å². The van der Waals surface area contributed by atoms with E-state index in [1.807, 2.05) is 36.4 Å². The van der Waals surface area contributed by atoms with Crippen molar-refractivity contribution in [2.45, 2.75) is 36.0 Å². The highest BCUT2D eigenvalue weighted by Crippen LogP contribution is 2.38. The minimum Gasteiger partial charge on any atom is -0.465 e. The second-order valence-corrected chi connectivity index (χ2v) is 10.2. The normalized spacial score (nSPS) is 16.5. The van der Waals surface area contributed by atoms with Crippen LogP contribution in [0.25, 0.3) is 11.3 Å². The van der Waals surface area contributed by atoms with E-state index in [4.69, 9.17) is 9.15 Å². The molecule has 1 aromatic heterocycles. The van der Waals surface area contributed by atoms with Gasteiger partial charge in [0.1, 0.15) is 5.76 Å². The highest BCUT2D eigenvalue weighted by atomic mass is 32.2. The highest BCUT2D eigenvalue weighted by molar-refractivity contribution is 7.93. The quantitative estimate of drug-likeness (QED) is 0.496. The summed E-state index contributed by atoms with van der Waals surface area (Å²) in [5, 5.41) is 0. The zero-order chi connectivity index (χ0) is 22.6. The number of hydrogen-bond donors (Lipinski definition) is 0. The van der Waals surface area contributed by atoms with Gasteiger partial charge in [-0.2, -0.15) is 0 Å². The molecule has 0 bridgehead atoms. The molecule has 2 heterocycles. The van der Waals surface area contributed by atoms with Gasteiger partial charge in [0.15, 0.2) is 14.6 Å². The van der Waals surface area contributed by atoms with Crippen LogP contribution in [-0.4, -0.2) is 43.7 Å². The lowest BCUT2D eigenvalue weighted by Gasteiger charge is -2.39. The van der Waals surface area contributed by atoms with Crippen molar-refractivity contribution in [3.05, 3.63) is 78.6 Å². The van der Waals surface area contributed by atoms with Crippen molar-refractivity contribution in [1.29, 1.82) is 0 Å². The molecule has 1 saturated heterocycles. The number of nitrogens with zero attached hydrogens (tertiary/aromatic N) is 1. The first kappa shape index (κ1) is 22.3. The van der Waals surface area contributed by atoms with Crippen LogP contribution in [0.4, 0.5) is 0 Å². The number of sulfone groups is 1. The van der Waals surface area contributed by atoms with E-state index in [0.29, 0.717) is 18.8 Å². The maximum Gasteiger partial charge on any atom is 0.327 e. The Kier molecular flexibility index (Phi) is 6.48. The largest absolute Gasteiger partial charge is 0.465 e. The van der Waals surface area contributed by atoms with Gasteiger partial charge < -0.3 is 9.15 Å². The average Bonchev–Trinajstić information content (AvgIpc) is 3.35. The monoisotopic (exact) mass is 453 g/mol. The molecule has 0 radical (unpaired) electrons. The molecule has 0 atom stereocenters. The molecule has 0 amide bonds. The van der Waals surface area contributed by atoms with E-state index in [9.17, 15) is 13.2 Å². The molecule has 0 aliphatic carbocycles. The summed E-state index contributed by atoms with van der Waals surface area (Å²) in [5.74, 6) is -0.00209. The van der Waals surface area contributed by atoms with Crippen molar-refractivity contribution in [2.75, 3.05) is 19.7 Å². The Labute approximate surface area is 188 Å². The highest BCUT2D eigenvalue weighted by Gasteiger charge is 2.54. The van der Waals surface area contributed by atoms with E-state index >= 15 is 0 Å². The zero-order valence-corrected chi connectivity index (χ0v) is 18.9. The fraction of sp³-hybridized carbons (Fsp3) is 0.320. The number of esters is 1. The number of rotatable bonds is 7. The topological polar surface area (TPSA) is 76.8 Å². The summed E-state index contributed by atoms with van der Waals surface area (Å²) in [5.41, 5.74) is 1.93. The molecule has 0 spiro atoms. The van der Waals surface area contributed by atoms with Crippen LogP contribution in [0.3, 0.4) is 0 Å². The Hall–Kier alpha value is -2.90. The maximum atomic E-state index is 13.7. The number of ether oxygens (including phenoxy) is 1. The summed E-state index contributed by atoms with van der Waals surface area (Å²) in [6.07, 6.45) is 1.96. The van der Waals surface area contributed by atoms with Crippen LogP contribution in [0.1, 0.15) is 25.3 Å². The summed E-state index contributed by atoms with van der Waals surface area (Å²) >= 11 is 0. The van der Waals surface area contributed by atoms with Gasteiger partial charge in [-0.15, -0.1) is 0 Å². The van der Waals surface area contributed by atoms with Crippen LogP contribution in [-0.2, 0) is 25.9 Å². The summed E-state index contributed by atoms with van der Waals surface area (Å²) in [7, 11) is -3.96. The summed E-state index contributed by atoms with van der Waals surface area (Å²) in [6, 6.07) is 20.1. The van der Waals surface area contributed by atoms with Gasteiger partial charge >= 0.3 is 5.97 Å². The Morgan fingerprint density at radius 2 is 1.69 bits per heavy atom. The van der Waals surface area contributed by atoms with E-state index in [1.165, 1.54) is 0 Å². The van der Waals surface area contributed by atoms with Crippen LogP contribution in [0, 0.1) is 0 Å². The second-order valence-electron chi connectivity index (χ2n) is 7.98. The summed E-state index contributed by atoms with van der Waals surface area (Å²) < 4.78 is 36.6. The van der Waals surface area contributed by atoms with Crippen LogP contribution in [0.2, 0.25) is 0 Å². The predicted molar refractivity (Wildman–Crippen MR) is 122 cm³/mol. The second kappa shape index (κ2) is 9.30. The molecule has 1 aliphatic rings. The van der Waals surface area contributed by atoms with Gasteiger partial charge in [0.05, 0.1) is 17.8 Å². The SMILES string of the molecule is CCOC(=O)C1(S(=O)(=O)c2ccc(-c3ccco3)cc2)CCN(Cc2ccccc2)CC1. The zero-order valence-electron chi connectivity index (χ0n) is 18.1. The van der Waals surface area contributed by atoms with Crippen molar-refractivity contribution < 1.29 is 22.4 Å². The number of benzene rings is 2. The molecule has 0 unspecified atom stereocenters. The molecule has 7 heteroatoms. The molecule has 4 rings (SSSR count). The lowest BCUT2D eigenvalue weighted by molar-refractivity contribution is -0.147. The Morgan fingerprint density at radius 1 is 1.00 bits per heavy atom. The Morgan fingerprint density at radius 3 is 2.28 bits per heavy atom. The van der Waals surface area contributed by atoms with E-state index in [1.54, 1.807) is 43.5 Å². The minimum atomic E-state index is -3.96. The predicted octanol–water partition coefficient (Wildman–Crippen LogP) is 4.32. The molecule has 1 fully saturated rings. The molecular formula is C25H27NO5S. The van der Waals surface area contributed by atoms with Crippen LogP contribution in [0.15, 0.2) is 82.3 Å². The van der Waals surface area contributed by atoms with Gasteiger partial charge in [0.2, 0.25) is 0 Å². The van der Waals surface area contributed by atoms with E-state index in [0.717, 1.165) is 17.7 Å². The van der Waals surface area contributed by atoms with E-state index in [-0.39, 0.29) is 24.3 Å². The van der Waals surface area contributed by atoms with Crippen molar-refractivity contribution >= 4 is 15.8 Å². The minimum absolute atomic E-state index is 0.123. The molecule has 0 N–H and O–H groups in total. The van der Waals surface area contributed by atoms with Crippen LogP contribution < -0.4 is 0 Å². The van der Waals surface area contributed by atoms with Gasteiger partial charge in [0, 0.05) is 25.2 Å². The van der Waals surface area contributed by atoms with Crippen molar-refractivity contribution in [2.24, 2.45) is 0 Å². The first-order chi connectivity index (χ1) is 15.5. The first-order valence-electron chi connectivity index (χ1n) is 10.8. The van der Waals surface area contributed by atoms with E-state index in [2.05, 4.69) is 4.90 Å². The molecule has 0 saturated carbocycles. The lowest BCUT2D eigenvalue weighted by atomic mass is 9.95. The number of furan rings is 1. The van der Waals surface area contributed by atoms with Crippen LogP contribution >= 0.6 is 0 Å². The maximum absolute atomic E-state index is 13.7. The molecule has 168 valence electrons. The number of carbonyl (C=O) groups excluding carboxylic acids is 1. The third-order valence-corrected chi connectivity index (χ3v) is 8.54.